The maximum atomic E-state index is 13.8. The summed E-state index contributed by atoms with van der Waals surface area (Å²) in [5.74, 6) is -0.0216. The molecule has 30 heavy (non-hydrogen) atoms. The van der Waals surface area contributed by atoms with Gasteiger partial charge in [0.05, 0.1) is 18.8 Å². The van der Waals surface area contributed by atoms with E-state index in [2.05, 4.69) is 18.3 Å². The van der Waals surface area contributed by atoms with E-state index < -0.39 is 5.97 Å². The fraction of sp³-hybridized carbons (Fsp3) is 0.667. The van der Waals surface area contributed by atoms with E-state index in [1.807, 2.05) is 11.0 Å². The first-order chi connectivity index (χ1) is 14.5. The molecule has 3 aliphatic rings. The zero-order chi connectivity index (χ0) is 21.1. The minimum Gasteiger partial charge on any atom is -0.477 e. The molecule has 1 aliphatic heterocycles. The summed E-state index contributed by atoms with van der Waals surface area (Å²) in [6, 6.07) is 2.13. The Balaban J connectivity index is 1.70. The number of hydrogen-bond donors (Lipinski definition) is 2. The number of thiophene rings is 1. The number of carboxylic acid groups (broad SMARTS) is 1. The van der Waals surface area contributed by atoms with Crippen LogP contribution in [0.5, 0.6) is 0 Å². The molecule has 6 heteroatoms. The van der Waals surface area contributed by atoms with Crippen molar-refractivity contribution in [2.24, 2.45) is 11.8 Å². The van der Waals surface area contributed by atoms with Crippen LogP contribution in [-0.2, 0) is 4.79 Å². The molecule has 2 aliphatic carbocycles. The van der Waals surface area contributed by atoms with Gasteiger partial charge in [-0.3, -0.25) is 4.79 Å². The van der Waals surface area contributed by atoms with Crippen molar-refractivity contribution in [3.8, 4) is 0 Å². The van der Waals surface area contributed by atoms with Gasteiger partial charge in [-0.1, -0.05) is 13.0 Å². The first-order valence-corrected chi connectivity index (χ1v) is 12.6. The van der Waals surface area contributed by atoms with Crippen molar-refractivity contribution >= 4 is 34.5 Å². The highest BCUT2D eigenvalue weighted by Gasteiger charge is 2.37. The second-order valence-corrected chi connectivity index (χ2v) is 10.4. The molecule has 5 nitrogen and oxygen atoms in total. The average Bonchev–Trinajstić information content (AvgIpc) is 3.21. The van der Waals surface area contributed by atoms with E-state index in [0.717, 1.165) is 75.8 Å². The van der Waals surface area contributed by atoms with E-state index in [9.17, 15) is 14.7 Å². The van der Waals surface area contributed by atoms with Crippen LogP contribution in [0.15, 0.2) is 12.1 Å². The summed E-state index contributed by atoms with van der Waals surface area (Å²) in [4.78, 5) is 29.3. The number of allylic oxidation sites excluding steroid dienone is 2. The smallest absolute Gasteiger partial charge is 0.348 e. The van der Waals surface area contributed by atoms with Gasteiger partial charge in [0.25, 0.3) is 0 Å². The largest absolute Gasteiger partial charge is 0.477 e. The van der Waals surface area contributed by atoms with E-state index in [0.29, 0.717) is 16.5 Å². The number of aromatic carboxylic acids is 1. The van der Waals surface area contributed by atoms with Crippen LogP contribution in [0.1, 0.15) is 85.7 Å². The SMILES string of the molecule is CC1CCC(C(=O)N(c2cc(C3=CCCCC3)sc2C(=O)O)C2CC[NH2+]CC2)CC1. The molecule has 0 spiro atoms. The number of quaternary nitrogens is 1. The number of hydrogen-bond acceptors (Lipinski definition) is 3. The van der Waals surface area contributed by atoms with Gasteiger partial charge in [0.1, 0.15) is 4.88 Å². The van der Waals surface area contributed by atoms with Crippen molar-refractivity contribution in [1.82, 2.24) is 0 Å². The number of nitrogens with two attached hydrogens (primary N) is 1. The zero-order valence-corrected chi connectivity index (χ0v) is 18.9. The third-order valence-corrected chi connectivity index (χ3v) is 8.34. The van der Waals surface area contributed by atoms with Crippen LogP contribution in [0.3, 0.4) is 0 Å². The van der Waals surface area contributed by atoms with Gasteiger partial charge in [-0.25, -0.2) is 4.79 Å². The maximum absolute atomic E-state index is 13.8. The van der Waals surface area contributed by atoms with Crippen molar-refractivity contribution in [3.63, 3.8) is 0 Å². The predicted octanol–water partition coefficient (Wildman–Crippen LogP) is 4.29. The molecule has 1 aromatic rings. The standard InChI is InChI=1S/C24H34N2O3S/c1-16-7-9-18(10-8-16)23(27)26(19-11-13-25-14-12-19)20-15-21(30-22(20)24(28)29)17-5-3-2-4-6-17/h5,15-16,18-19,25H,2-4,6-14H2,1H3,(H,28,29)/p+1. The highest BCUT2D eigenvalue weighted by atomic mass is 32.1. The fourth-order valence-corrected chi connectivity index (χ4v) is 6.36. The van der Waals surface area contributed by atoms with Crippen LogP contribution in [0.2, 0.25) is 0 Å². The number of rotatable bonds is 5. The molecule has 0 atom stereocenters. The van der Waals surface area contributed by atoms with Gasteiger partial charge in [0.2, 0.25) is 5.91 Å². The monoisotopic (exact) mass is 431 g/mol. The number of anilines is 1. The Morgan fingerprint density at radius 3 is 2.47 bits per heavy atom. The zero-order valence-electron chi connectivity index (χ0n) is 18.1. The Morgan fingerprint density at radius 2 is 1.83 bits per heavy atom. The molecule has 1 saturated carbocycles. The Kier molecular flexibility index (Phi) is 6.94. The Morgan fingerprint density at radius 1 is 1.10 bits per heavy atom. The molecule has 1 amide bonds. The number of carboxylic acids is 1. The van der Waals surface area contributed by atoms with Crippen LogP contribution >= 0.6 is 11.3 Å². The predicted molar refractivity (Wildman–Crippen MR) is 121 cm³/mol. The van der Waals surface area contributed by atoms with Crippen LogP contribution in [-0.4, -0.2) is 36.1 Å². The third kappa shape index (κ3) is 4.65. The fourth-order valence-electron chi connectivity index (χ4n) is 5.30. The second-order valence-electron chi connectivity index (χ2n) is 9.37. The lowest BCUT2D eigenvalue weighted by Gasteiger charge is -2.37. The minimum atomic E-state index is -0.907. The molecule has 164 valence electrons. The molecule has 2 heterocycles. The Bertz CT molecular complexity index is 801. The van der Waals surface area contributed by atoms with Crippen molar-refractivity contribution in [2.45, 2.75) is 77.2 Å². The highest BCUT2D eigenvalue weighted by Crippen LogP contribution is 2.41. The minimum absolute atomic E-state index is 0.0333. The van der Waals surface area contributed by atoms with Gasteiger partial charge >= 0.3 is 5.97 Å². The third-order valence-electron chi connectivity index (χ3n) is 7.15. The van der Waals surface area contributed by atoms with Crippen LogP contribution in [0.4, 0.5) is 5.69 Å². The van der Waals surface area contributed by atoms with E-state index in [1.54, 1.807) is 0 Å². The van der Waals surface area contributed by atoms with E-state index in [-0.39, 0.29) is 17.9 Å². The molecule has 3 N–H and O–H groups in total. The van der Waals surface area contributed by atoms with Crippen molar-refractivity contribution in [1.29, 1.82) is 0 Å². The van der Waals surface area contributed by atoms with Gasteiger partial charge in [-0.15, -0.1) is 11.3 Å². The molecule has 0 radical (unpaired) electrons. The van der Waals surface area contributed by atoms with E-state index in [1.165, 1.54) is 23.3 Å². The summed E-state index contributed by atoms with van der Waals surface area (Å²) in [7, 11) is 0. The summed E-state index contributed by atoms with van der Waals surface area (Å²) in [5.41, 5.74) is 1.92. The van der Waals surface area contributed by atoms with Crippen LogP contribution in [0, 0.1) is 11.8 Å². The maximum Gasteiger partial charge on any atom is 0.348 e. The summed E-state index contributed by atoms with van der Waals surface area (Å²) in [6.45, 7) is 4.27. The van der Waals surface area contributed by atoms with Gasteiger partial charge in [0, 0.05) is 29.7 Å². The molecule has 1 saturated heterocycles. The summed E-state index contributed by atoms with van der Waals surface area (Å²) < 4.78 is 0. The second kappa shape index (κ2) is 9.65. The Labute approximate surface area is 183 Å². The molecule has 0 unspecified atom stereocenters. The topological polar surface area (TPSA) is 74.2 Å². The number of piperidine rings is 1. The summed E-state index contributed by atoms with van der Waals surface area (Å²) in [6.07, 6.45) is 12.6. The molecule has 1 aromatic heterocycles. The number of amides is 1. The summed E-state index contributed by atoms with van der Waals surface area (Å²) in [5, 5.41) is 12.3. The quantitative estimate of drug-likeness (QED) is 0.730. The lowest BCUT2D eigenvalue weighted by atomic mass is 9.82. The Hall–Kier alpha value is -1.66. The molecule has 0 aromatic carbocycles. The lowest BCUT2D eigenvalue weighted by Crippen LogP contribution is -2.87. The number of nitrogens with zero attached hydrogens (tertiary/aromatic N) is 1. The number of carbonyl (C=O) groups is 2. The first kappa shape index (κ1) is 21.6. The molecule has 0 bridgehead atoms. The normalized spacial score (nSPS) is 25.6. The van der Waals surface area contributed by atoms with Crippen LogP contribution in [0.25, 0.3) is 5.57 Å². The summed E-state index contributed by atoms with van der Waals surface area (Å²) >= 11 is 1.36. The van der Waals surface area contributed by atoms with Gasteiger partial charge in [-0.05, 0) is 68.9 Å². The van der Waals surface area contributed by atoms with Gasteiger partial charge < -0.3 is 15.3 Å². The molecule has 2 fully saturated rings. The average molecular weight is 432 g/mol. The van der Waals surface area contributed by atoms with Crippen LogP contribution < -0.4 is 10.2 Å². The van der Waals surface area contributed by atoms with E-state index in [4.69, 9.17) is 0 Å². The van der Waals surface area contributed by atoms with Crippen molar-refractivity contribution in [2.75, 3.05) is 18.0 Å². The van der Waals surface area contributed by atoms with E-state index >= 15 is 0 Å². The highest BCUT2D eigenvalue weighted by molar-refractivity contribution is 7.15. The van der Waals surface area contributed by atoms with Gasteiger partial charge in [-0.2, -0.15) is 0 Å². The molecular formula is C24H35N2O3S+. The first-order valence-electron chi connectivity index (χ1n) is 11.8. The van der Waals surface area contributed by atoms with Crippen molar-refractivity contribution < 1.29 is 20.0 Å². The lowest BCUT2D eigenvalue weighted by molar-refractivity contribution is -0.662. The molecule has 4 rings (SSSR count). The van der Waals surface area contributed by atoms with Crippen molar-refractivity contribution in [3.05, 3.63) is 21.9 Å². The molecular weight excluding hydrogens is 396 g/mol. The van der Waals surface area contributed by atoms with Gasteiger partial charge in [0.15, 0.2) is 0 Å². The number of carbonyl (C=O) groups excluding carboxylic acids is 1.